The smallest absolute Gasteiger partial charge is 0.165 e. The zero-order valence-electron chi connectivity index (χ0n) is 11.8. The fourth-order valence-corrected chi connectivity index (χ4v) is 2.67. The Balaban J connectivity index is 1.96. The molecule has 1 fully saturated rings. The van der Waals surface area contributed by atoms with Crippen LogP contribution in [0.15, 0.2) is 18.2 Å². The third kappa shape index (κ3) is 4.20. The summed E-state index contributed by atoms with van der Waals surface area (Å²) in [5.41, 5.74) is 0.914. The van der Waals surface area contributed by atoms with Crippen LogP contribution >= 0.6 is 0 Å². The summed E-state index contributed by atoms with van der Waals surface area (Å²) in [6.07, 6.45) is 6.35. The number of para-hydroxylation sites is 1. The minimum absolute atomic E-state index is 0.244. The highest BCUT2D eigenvalue weighted by Crippen LogP contribution is 2.27. The average Bonchev–Trinajstić information content (AvgIpc) is 2.45. The molecule has 1 aromatic rings. The molecular weight excluding hydrogens is 241 g/mol. The van der Waals surface area contributed by atoms with E-state index in [-0.39, 0.29) is 5.82 Å². The number of hydrogen-bond donors (Lipinski definition) is 1. The van der Waals surface area contributed by atoms with Gasteiger partial charge in [-0.1, -0.05) is 38.3 Å². The number of ether oxygens (including phenoxy) is 1. The van der Waals surface area contributed by atoms with Crippen LogP contribution in [0.3, 0.4) is 0 Å². The van der Waals surface area contributed by atoms with Crippen LogP contribution in [-0.2, 0) is 6.54 Å². The van der Waals surface area contributed by atoms with Gasteiger partial charge in [0.05, 0.1) is 6.61 Å². The zero-order valence-corrected chi connectivity index (χ0v) is 11.8. The summed E-state index contributed by atoms with van der Waals surface area (Å²) in [5, 5.41) is 3.22. The first-order valence-corrected chi connectivity index (χ1v) is 7.42. The van der Waals surface area contributed by atoms with Crippen LogP contribution in [0.5, 0.6) is 5.75 Å². The Hall–Kier alpha value is -1.09. The van der Waals surface area contributed by atoms with Crippen molar-refractivity contribution in [1.29, 1.82) is 0 Å². The lowest BCUT2D eigenvalue weighted by atomic mass is 9.90. The van der Waals surface area contributed by atoms with Crippen LogP contribution < -0.4 is 10.1 Å². The molecule has 106 valence electrons. The molecule has 0 aromatic heterocycles. The zero-order chi connectivity index (χ0) is 13.5. The maximum atomic E-state index is 13.9. The van der Waals surface area contributed by atoms with Gasteiger partial charge in [0.2, 0.25) is 0 Å². The average molecular weight is 265 g/mol. The molecule has 1 aliphatic carbocycles. The number of hydrogen-bond acceptors (Lipinski definition) is 2. The van der Waals surface area contributed by atoms with Gasteiger partial charge >= 0.3 is 0 Å². The molecule has 0 aliphatic heterocycles. The number of halogens is 1. The Labute approximate surface area is 115 Å². The first-order valence-electron chi connectivity index (χ1n) is 7.42. The Morgan fingerprint density at radius 3 is 2.79 bits per heavy atom. The summed E-state index contributed by atoms with van der Waals surface area (Å²) < 4.78 is 19.7. The molecule has 0 bridgehead atoms. The second kappa shape index (κ2) is 7.49. The normalized spacial score (nSPS) is 16.5. The van der Waals surface area contributed by atoms with E-state index in [0.717, 1.165) is 12.1 Å². The summed E-state index contributed by atoms with van der Waals surface area (Å²) in [4.78, 5) is 0. The van der Waals surface area contributed by atoms with E-state index in [4.69, 9.17) is 4.74 Å². The van der Waals surface area contributed by atoms with Crippen molar-refractivity contribution < 1.29 is 9.13 Å². The van der Waals surface area contributed by atoms with Crippen LogP contribution in [0.2, 0.25) is 0 Å². The van der Waals surface area contributed by atoms with Crippen LogP contribution in [0.1, 0.15) is 44.6 Å². The molecule has 0 radical (unpaired) electrons. The number of nitrogens with one attached hydrogen (secondary N) is 1. The van der Waals surface area contributed by atoms with Crippen molar-refractivity contribution in [1.82, 2.24) is 5.32 Å². The lowest BCUT2D eigenvalue weighted by Gasteiger charge is -2.22. The van der Waals surface area contributed by atoms with E-state index in [0.29, 0.717) is 24.8 Å². The highest BCUT2D eigenvalue weighted by Gasteiger charge is 2.16. The van der Waals surface area contributed by atoms with Crippen LogP contribution in [0, 0.1) is 11.7 Å². The fraction of sp³-hybridized carbons (Fsp3) is 0.625. The maximum absolute atomic E-state index is 13.9. The molecule has 2 rings (SSSR count). The minimum Gasteiger partial charge on any atom is -0.490 e. The van der Waals surface area contributed by atoms with Gasteiger partial charge in [0.15, 0.2) is 11.6 Å². The van der Waals surface area contributed by atoms with Gasteiger partial charge in [-0.3, -0.25) is 0 Å². The Bertz CT molecular complexity index is 388. The molecule has 1 aromatic carbocycles. The quantitative estimate of drug-likeness (QED) is 0.842. The van der Waals surface area contributed by atoms with Gasteiger partial charge in [0.1, 0.15) is 0 Å². The van der Waals surface area contributed by atoms with E-state index >= 15 is 0 Å². The van der Waals surface area contributed by atoms with Gasteiger partial charge in [-0.2, -0.15) is 0 Å². The molecule has 0 spiro atoms. The van der Waals surface area contributed by atoms with E-state index in [2.05, 4.69) is 5.32 Å². The molecule has 0 unspecified atom stereocenters. The number of rotatable bonds is 6. The highest BCUT2D eigenvalue weighted by molar-refractivity contribution is 5.34. The summed E-state index contributed by atoms with van der Waals surface area (Å²) in [6, 6.07) is 5.16. The molecular formula is C16H24FNO. The van der Waals surface area contributed by atoms with E-state index in [9.17, 15) is 4.39 Å². The van der Waals surface area contributed by atoms with Gasteiger partial charge in [-0.05, 0) is 31.4 Å². The molecule has 1 aliphatic rings. The summed E-state index contributed by atoms with van der Waals surface area (Å²) in [5.74, 6) is 0.792. The molecule has 3 heteroatoms. The first kappa shape index (κ1) is 14.3. The largest absolute Gasteiger partial charge is 0.490 e. The van der Waals surface area contributed by atoms with Crippen LogP contribution in [-0.4, -0.2) is 13.2 Å². The van der Waals surface area contributed by atoms with Crippen molar-refractivity contribution in [2.75, 3.05) is 13.2 Å². The summed E-state index contributed by atoms with van der Waals surface area (Å²) in [6.45, 7) is 4.23. The van der Waals surface area contributed by atoms with Gasteiger partial charge in [0, 0.05) is 12.1 Å². The maximum Gasteiger partial charge on any atom is 0.165 e. The third-order valence-corrected chi connectivity index (χ3v) is 3.80. The Morgan fingerprint density at radius 2 is 2.05 bits per heavy atom. The topological polar surface area (TPSA) is 21.3 Å². The molecule has 1 N–H and O–H groups in total. The summed E-state index contributed by atoms with van der Waals surface area (Å²) in [7, 11) is 0. The second-order valence-corrected chi connectivity index (χ2v) is 5.32. The fourth-order valence-electron chi connectivity index (χ4n) is 2.67. The molecule has 2 nitrogen and oxygen atoms in total. The molecule has 0 saturated heterocycles. The van der Waals surface area contributed by atoms with E-state index in [1.165, 1.54) is 38.2 Å². The van der Waals surface area contributed by atoms with Crippen LogP contribution in [0.25, 0.3) is 0 Å². The van der Waals surface area contributed by atoms with Gasteiger partial charge in [0.25, 0.3) is 0 Å². The Kier molecular flexibility index (Phi) is 5.64. The monoisotopic (exact) mass is 265 g/mol. The predicted octanol–water partition coefficient (Wildman–Crippen LogP) is 3.89. The predicted molar refractivity (Wildman–Crippen MR) is 75.9 cm³/mol. The lowest BCUT2D eigenvalue weighted by Crippen LogP contribution is -2.18. The lowest BCUT2D eigenvalue weighted by molar-refractivity contribution is 0.200. The third-order valence-electron chi connectivity index (χ3n) is 3.80. The molecule has 19 heavy (non-hydrogen) atoms. The molecule has 0 atom stereocenters. The Morgan fingerprint density at radius 1 is 1.26 bits per heavy atom. The summed E-state index contributed by atoms with van der Waals surface area (Å²) >= 11 is 0. The minimum atomic E-state index is -0.244. The van der Waals surface area contributed by atoms with Gasteiger partial charge in [-0.15, -0.1) is 0 Å². The van der Waals surface area contributed by atoms with Crippen molar-refractivity contribution in [3.8, 4) is 5.75 Å². The van der Waals surface area contributed by atoms with Crippen LogP contribution in [0.4, 0.5) is 4.39 Å². The van der Waals surface area contributed by atoms with Gasteiger partial charge in [-0.25, -0.2) is 4.39 Å². The van der Waals surface area contributed by atoms with Gasteiger partial charge < -0.3 is 10.1 Å². The molecule has 0 heterocycles. The molecule has 0 amide bonds. The standard InChI is InChI=1S/C16H24FNO/c1-2-18-11-14-9-6-10-15(17)16(14)19-12-13-7-4-3-5-8-13/h6,9-10,13,18H,2-5,7-8,11-12H2,1H3. The van der Waals surface area contributed by atoms with E-state index in [1.54, 1.807) is 6.07 Å². The number of benzene rings is 1. The van der Waals surface area contributed by atoms with Crippen molar-refractivity contribution >= 4 is 0 Å². The van der Waals surface area contributed by atoms with E-state index < -0.39 is 0 Å². The highest BCUT2D eigenvalue weighted by atomic mass is 19.1. The van der Waals surface area contributed by atoms with Crippen molar-refractivity contribution in [3.63, 3.8) is 0 Å². The molecule has 1 saturated carbocycles. The second-order valence-electron chi connectivity index (χ2n) is 5.32. The van der Waals surface area contributed by atoms with Crippen molar-refractivity contribution in [3.05, 3.63) is 29.6 Å². The van der Waals surface area contributed by atoms with Crippen molar-refractivity contribution in [2.24, 2.45) is 5.92 Å². The van der Waals surface area contributed by atoms with E-state index in [1.807, 2.05) is 13.0 Å². The SMILES string of the molecule is CCNCc1cccc(F)c1OCC1CCCCC1. The van der Waals surface area contributed by atoms with Crippen molar-refractivity contribution in [2.45, 2.75) is 45.6 Å². The first-order chi connectivity index (χ1) is 9.31.